The van der Waals surface area contributed by atoms with Gasteiger partial charge in [0.25, 0.3) is 5.91 Å². The monoisotopic (exact) mass is 379 g/mol. The Kier molecular flexibility index (Phi) is 4.03. The third-order valence-electron chi connectivity index (χ3n) is 6.50. The number of hydrogen-bond acceptors (Lipinski definition) is 5. The van der Waals surface area contributed by atoms with Gasteiger partial charge >= 0.3 is 0 Å². The van der Waals surface area contributed by atoms with Crippen molar-refractivity contribution >= 4 is 5.91 Å². The zero-order valence-corrected chi connectivity index (χ0v) is 16.4. The third-order valence-corrected chi connectivity index (χ3v) is 6.50. The van der Waals surface area contributed by atoms with Crippen LogP contribution in [0.5, 0.6) is 11.5 Å². The molecule has 3 heterocycles. The highest BCUT2D eigenvalue weighted by Crippen LogP contribution is 2.52. The smallest absolute Gasteiger partial charge is 0.274 e. The number of benzene rings is 1. The topological polar surface area (TPSA) is 64.6 Å². The standard InChI is InChI=1S/C22H25N3O3/c1-14-11-24-18(12-23-14)21(26)25-13-22(5-3-4-6-22)17-10-20-19(27-7-8-28-20)9-16(17)15(25)2/h9-12,15H,3-8,13H2,1-2H3/t15-/m0/s1. The third kappa shape index (κ3) is 2.65. The Labute approximate surface area is 164 Å². The molecule has 1 spiro atoms. The molecule has 0 unspecified atom stereocenters. The highest BCUT2D eigenvalue weighted by Gasteiger charge is 2.46. The number of rotatable bonds is 1. The van der Waals surface area contributed by atoms with Gasteiger partial charge in [-0.1, -0.05) is 12.8 Å². The van der Waals surface area contributed by atoms with Crippen molar-refractivity contribution in [2.75, 3.05) is 19.8 Å². The normalized spacial score (nSPS) is 22.2. The highest BCUT2D eigenvalue weighted by molar-refractivity contribution is 5.92. The molecule has 0 radical (unpaired) electrons. The van der Waals surface area contributed by atoms with Gasteiger partial charge in [0.15, 0.2) is 11.5 Å². The number of aryl methyl sites for hydroxylation is 1. The summed E-state index contributed by atoms with van der Waals surface area (Å²) < 4.78 is 11.7. The van der Waals surface area contributed by atoms with Gasteiger partial charge in [-0.3, -0.25) is 9.78 Å². The van der Waals surface area contributed by atoms with E-state index in [2.05, 4.69) is 29.0 Å². The summed E-state index contributed by atoms with van der Waals surface area (Å²) >= 11 is 0. The van der Waals surface area contributed by atoms with Gasteiger partial charge in [0, 0.05) is 18.2 Å². The lowest BCUT2D eigenvalue weighted by atomic mass is 9.71. The van der Waals surface area contributed by atoms with Gasteiger partial charge in [-0.25, -0.2) is 4.98 Å². The van der Waals surface area contributed by atoms with Crippen molar-refractivity contribution in [3.63, 3.8) is 0 Å². The molecule has 0 N–H and O–H groups in total. The molecular weight excluding hydrogens is 354 g/mol. The molecule has 1 aromatic heterocycles. The SMILES string of the molecule is Cc1cnc(C(=O)N2CC3(CCCC3)c3cc4c(cc3[C@@H]2C)OCCO4)cn1. The zero-order chi connectivity index (χ0) is 19.3. The molecule has 2 aliphatic heterocycles. The van der Waals surface area contributed by atoms with Gasteiger partial charge in [0.1, 0.15) is 18.9 Å². The fraction of sp³-hybridized carbons (Fsp3) is 0.500. The van der Waals surface area contributed by atoms with E-state index in [9.17, 15) is 4.79 Å². The summed E-state index contributed by atoms with van der Waals surface area (Å²) in [5, 5.41) is 0. The maximum atomic E-state index is 13.3. The van der Waals surface area contributed by atoms with E-state index in [-0.39, 0.29) is 17.4 Å². The molecule has 1 amide bonds. The Hall–Kier alpha value is -2.63. The van der Waals surface area contributed by atoms with E-state index in [1.54, 1.807) is 12.4 Å². The minimum absolute atomic E-state index is 0.00847. The van der Waals surface area contributed by atoms with Crippen LogP contribution in [-0.2, 0) is 5.41 Å². The molecule has 0 saturated heterocycles. The van der Waals surface area contributed by atoms with Crippen molar-refractivity contribution in [1.29, 1.82) is 0 Å². The summed E-state index contributed by atoms with van der Waals surface area (Å²) in [6.45, 7) is 5.84. The van der Waals surface area contributed by atoms with E-state index in [1.807, 2.05) is 11.8 Å². The molecule has 2 aromatic rings. The maximum absolute atomic E-state index is 13.3. The second-order valence-corrected chi connectivity index (χ2v) is 8.22. The van der Waals surface area contributed by atoms with Crippen LogP contribution >= 0.6 is 0 Å². The lowest BCUT2D eigenvalue weighted by Gasteiger charge is -2.46. The van der Waals surface area contributed by atoms with Gasteiger partial charge in [-0.2, -0.15) is 0 Å². The van der Waals surface area contributed by atoms with Gasteiger partial charge in [0.05, 0.1) is 17.9 Å². The van der Waals surface area contributed by atoms with Crippen LogP contribution in [0.4, 0.5) is 0 Å². The maximum Gasteiger partial charge on any atom is 0.274 e. The lowest BCUT2D eigenvalue weighted by Crippen LogP contribution is -2.49. The number of nitrogens with zero attached hydrogens (tertiary/aromatic N) is 3. The van der Waals surface area contributed by atoms with E-state index in [1.165, 1.54) is 24.0 Å². The highest BCUT2D eigenvalue weighted by atomic mass is 16.6. The summed E-state index contributed by atoms with van der Waals surface area (Å²) in [5.41, 5.74) is 3.72. The Morgan fingerprint density at radius 2 is 1.82 bits per heavy atom. The molecule has 1 atom stereocenters. The van der Waals surface area contributed by atoms with Crippen LogP contribution < -0.4 is 9.47 Å². The fourth-order valence-corrected chi connectivity index (χ4v) is 5.00. The summed E-state index contributed by atoms with van der Waals surface area (Å²) in [6.07, 6.45) is 7.81. The van der Waals surface area contributed by atoms with E-state index < -0.39 is 0 Å². The van der Waals surface area contributed by atoms with E-state index >= 15 is 0 Å². The molecule has 146 valence electrons. The van der Waals surface area contributed by atoms with E-state index in [0.29, 0.717) is 18.9 Å². The Morgan fingerprint density at radius 3 is 2.50 bits per heavy atom. The first-order valence-electron chi connectivity index (χ1n) is 10.1. The molecule has 1 aliphatic carbocycles. The van der Waals surface area contributed by atoms with Crippen LogP contribution in [0.25, 0.3) is 0 Å². The number of carbonyl (C=O) groups is 1. The van der Waals surface area contributed by atoms with Crippen molar-refractivity contribution in [3.8, 4) is 11.5 Å². The Bertz CT molecular complexity index is 919. The molecule has 6 heteroatoms. The first kappa shape index (κ1) is 17.5. The molecule has 1 fully saturated rings. The molecule has 1 aromatic carbocycles. The zero-order valence-electron chi connectivity index (χ0n) is 16.4. The minimum Gasteiger partial charge on any atom is -0.486 e. The molecule has 6 nitrogen and oxygen atoms in total. The molecule has 5 rings (SSSR count). The number of fused-ring (bicyclic) bond motifs is 3. The fourth-order valence-electron chi connectivity index (χ4n) is 5.00. The first-order chi connectivity index (χ1) is 13.6. The van der Waals surface area contributed by atoms with Crippen LogP contribution in [0.1, 0.15) is 66.0 Å². The van der Waals surface area contributed by atoms with Gasteiger partial charge in [-0.15, -0.1) is 0 Å². The second kappa shape index (κ2) is 6.47. The average Bonchev–Trinajstić information content (AvgIpc) is 3.19. The Balaban J connectivity index is 1.59. The average molecular weight is 379 g/mol. The number of aromatic nitrogens is 2. The molecule has 28 heavy (non-hydrogen) atoms. The van der Waals surface area contributed by atoms with E-state index in [0.717, 1.165) is 36.6 Å². The molecular formula is C22H25N3O3. The second-order valence-electron chi connectivity index (χ2n) is 8.22. The number of ether oxygens (including phenoxy) is 2. The predicted molar refractivity (Wildman–Crippen MR) is 104 cm³/mol. The Morgan fingerprint density at radius 1 is 1.11 bits per heavy atom. The van der Waals surface area contributed by atoms with Crippen LogP contribution in [-0.4, -0.2) is 40.5 Å². The van der Waals surface area contributed by atoms with Gasteiger partial charge in [0.2, 0.25) is 0 Å². The van der Waals surface area contributed by atoms with Crippen molar-refractivity contribution in [3.05, 3.63) is 47.0 Å². The quantitative estimate of drug-likeness (QED) is 0.758. The molecule has 3 aliphatic rings. The van der Waals surface area contributed by atoms with Gasteiger partial charge in [-0.05, 0) is 49.9 Å². The van der Waals surface area contributed by atoms with Crippen LogP contribution in [0.3, 0.4) is 0 Å². The van der Waals surface area contributed by atoms with Crippen LogP contribution in [0.15, 0.2) is 24.5 Å². The number of amides is 1. The lowest BCUT2D eigenvalue weighted by molar-refractivity contribution is 0.0586. The van der Waals surface area contributed by atoms with Gasteiger partial charge < -0.3 is 14.4 Å². The van der Waals surface area contributed by atoms with Crippen molar-refractivity contribution < 1.29 is 14.3 Å². The van der Waals surface area contributed by atoms with Crippen LogP contribution in [0, 0.1) is 6.92 Å². The predicted octanol–water partition coefficient (Wildman–Crippen LogP) is 3.59. The van der Waals surface area contributed by atoms with Crippen molar-refractivity contribution in [2.24, 2.45) is 0 Å². The largest absolute Gasteiger partial charge is 0.486 e. The van der Waals surface area contributed by atoms with Crippen molar-refractivity contribution in [1.82, 2.24) is 14.9 Å². The van der Waals surface area contributed by atoms with E-state index in [4.69, 9.17) is 9.47 Å². The number of hydrogen-bond donors (Lipinski definition) is 0. The van der Waals surface area contributed by atoms with Crippen LogP contribution in [0.2, 0.25) is 0 Å². The number of carbonyl (C=O) groups excluding carboxylic acids is 1. The van der Waals surface area contributed by atoms with Crippen molar-refractivity contribution in [2.45, 2.75) is 51.0 Å². The summed E-state index contributed by atoms with van der Waals surface area (Å²) in [7, 11) is 0. The summed E-state index contributed by atoms with van der Waals surface area (Å²) in [6, 6.07) is 4.22. The molecule has 0 bridgehead atoms. The first-order valence-corrected chi connectivity index (χ1v) is 10.1. The summed E-state index contributed by atoms with van der Waals surface area (Å²) in [5.74, 6) is 1.58. The molecule has 1 saturated carbocycles. The summed E-state index contributed by atoms with van der Waals surface area (Å²) in [4.78, 5) is 23.9. The minimum atomic E-state index is -0.0492.